The van der Waals surface area contributed by atoms with E-state index < -0.39 is 15.4 Å². The van der Waals surface area contributed by atoms with E-state index in [1.807, 2.05) is 12.1 Å². The lowest BCUT2D eigenvalue weighted by molar-refractivity contribution is 0.450. The minimum Gasteiger partial charge on any atom is -0.377 e. The zero-order valence-corrected chi connectivity index (χ0v) is 13.5. The maximum atomic E-state index is 11.8. The molecular formula is C12H16BrClN2O2S. The SMILES string of the molecule is NCC1(Nc2ccc(Br)c(Cl)c2)CCCS(=O)(=O)C1. The summed E-state index contributed by atoms with van der Waals surface area (Å²) in [4.78, 5) is 0. The van der Waals surface area contributed by atoms with Gasteiger partial charge in [-0.15, -0.1) is 0 Å². The Hall–Kier alpha value is -0.300. The molecule has 1 atom stereocenters. The van der Waals surface area contributed by atoms with Crippen molar-refractivity contribution in [1.29, 1.82) is 0 Å². The minimum absolute atomic E-state index is 0.0736. The summed E-state index contributed by atoms with van der Waals surface area (Å²) in [5, 5.41) is 3.84. The largest absolute Gasteiger partial charge is 0.377 e. The van der Waals surface area contributed by atoms with Crippen molar-refractivity contribution < 1.29 is 8.42 Å². The molecule has 2 rings (SSSR count). The van der Waals surface area contributed by atoms with E-state index in [4.69, 9.17) is 17.3 Å². The molecule has 1 aromatic carbocycles. The molecule has 0 amide bonds. The lowest BCUT2D eigenvalue weighted by Crippen LogP contribution is -2.53. The standard InChI is InChI=1S/C12H16BrClN2O2S/c13-10-3-2-9(6-11(10)14)16-12(7-15)4-1-5-19(17,18)8-12/h2-3,6,16H,1,4-5,7-8,15H2. The highest BCUT2D eigenvalue weighted by Gasteiger charge is 2.37. The number of halogens is 2. The van der Waals surface area contributed by atoms with Gasteiger partial charge in [0, 0.05) is 16.7 Å². The number of nitrogens with one attached hydrogen (secondary N) is 1. The van der Waals surface area contributed by atoms with E-state index >= 15 is 0 Å². The summed E-state index contributed by atoms with van der Waals surface area (Å²) >= 11 is 9.36. The van der Waals surface area contributed by atoms with Gasteiger partial charge in [0.2, 0.25) is 0 Å². The van der Waals surface area contributed by atoms with Crippen LogP contribution in [-0.4, -0.2) is 32.0 Å². The summed E-state index contributed by atoms with van der Waals surface area (Å²) in [5.74, 6) is 0.321. The number of nitrogens with two attached hydrogens (primary N) is 1. The second kappa shape index (κ2) is 5.60. The molecule has 19 heavy (non-hydrogen) atoms. The van der Waals surface area contributed by atoms with Crippen molar-refractivity contribution >= 4 is 43.1 Å². The van der Waals surface area contributed by atoms with Crippen LogP contribution < -0.4 is 11.1 Å². The predicted molar refractivity (Wildman–Crippen MR) is 82.4 cm³/mol. The molecule has 0 saturated carbocycles. The van der Waals surface area contributed by atoms with Crippen molar-refractivity contribution in [3.05, 3.63) is 27.7 Å². The topological polar surface area (TPSA) is 72.2 Å². The van der Waals surface area contributed by atoms with E-state index in [-0.39, 0.29) is 18.1 Å². The van der Waals surface area contributed by atoms with Gasteiger partial charge in [0.05, 0.1) is 22.1 Å². The second-order valence-electron chi connectivity index (χ2n) is 4.93. The van der Waals surface area contributed by atoms with Gasteiger partial charge in [-0.1, -0.05) is 11.6 Å². The van der Waals surface area contributed by atoms with Crippen molar-refractivity contribution in [2.45, 2.75) is 18.4 Å². The second-order valence-corrected chi connectivity index (χ2v) is 8.38. The highest BCUT2D eigenvalue weighted by Crippen LogP contribution is 2.30. The van der Waals surface area contributed by atoms with Gasteiger partial charge in [-0.3, -0.25) is 0 Å². The number of hydrogen-bond acceptors (Lipinski definition) is 4. The Kier molecular flexibility index (Phi) is 4.45. The summed E-state index contributed by atoms with van der Waals surface area (Å²) in [6.45, 7) is 0.278. The average molecular weight is 368 g/mol. The molecule has 1 aliphatic rings. The van der Waals surface area contributed by atoms with Crippen molar-refractivity contribution in [2.75, 3.05) is 23.4 Å². The van der Waals surface area contributed by atoms with Gasteiger partial charge in [-0.25, -0.2) is 8.42 Å². The zero-order chi connectivity index (χ0) is 14.1. The van der Waals surface area contributed by atoms with Crippen LogP contribution in [0.4, 0.5) is 5.69 Å². The number of sulfone groups is 1. The van der Waals surface area contributed by atoms with Gasteiger partial charge in [0.25, 0.3) is 0 Å². The average Bonchev–Trinajstić information content (AvgIpc) is 2.33. The Morgan fingerprint density at radius 1 is 1.47 bits per heavy atom. The Bertz CT molecular complexity index is 579. The lowest BCUT2D eigenvalue weighted by Gasteiger charge is -2.37. The Morgan fingerprint density at radius 3 is 2.79 bits per heavy atom. The quantitative estimate of drug-likeness (QED) is 0.860. The van der Waals surface area contributed by atoms with E-state index in [0.717, 1.165) is 16.6 Å². The molecule has 0 radical (unpaired) electrons. The van der Waals surface area contributed by atoms with Crippen LogP contribution in [0.25, 0.3) is 0 Å². The van der Waals surface area contributed by atoms with Gasteiger partial charge in [-0.2, -0.15) is 0 Å². The molecule has 1 fully saturated rings. The highest BCUT2D eigenvalue weighted by molar-refractivity contribution is 9.10. The third kappa shape index (κ3) is 3.62. The van der Waals surface area contributed by atoms with Crippen LogP contribution in [0.2, 0.25) is 5.02 Å². The molecule has 0 aromatic heterocycles. The molecule has 7 heteroatoms. The van der Waals surface area contributed by atoms with Crippen LogP contribution in [-0.2, 0) is 9.84 Å². The van der Waals surface area contributed by atoms with Gasteiger partial charge in [0.1, 0.15) is 0 Å². The normalized spacial score (nSPS) is 26.1. The van der Waals surface area contributed by atoms with Crippen LogP contribution in [0.15, 0.2) is 22.7 Å². The Balaban J connectivity index is 2.25. The molecule has 1 aliphatic heterocycles. The third-order valence-electron chi connectivity index (χ3n) is 3.33. The molecule has 3 N–H and O–H groups in total. The first-order valence-corrected chi connectivity index (χ1v) is 8.99. The molecule has 106 valence electrons. The number of rotatable bonds is 3. The van der Waals surface area contributed by atoms with Gasteiger partial charge in [-0.05, 0) is 47.0 Å². The van der Waals surface area contributed by atoms with Crippen molar-refractivity contribution in [1.82, 2.24) is 0 Å². The molecule has 1 aromatic rings. The summed E-state index contributed by atoms with van der Waals surface area (Å²) in [5.41, 5.74) is 6.00. The monoisotopic (exact) mass is 366 g/mol. The first kappa shape index (κ1) is 15.1. The van der Waals surface area contributed by atoms with E-state index in [2.05, 4.69) is 21.2 Å². The number of hydrogen-bond donors (Lipinski definition) is 2. The molecule has 0 spiro atoms. The first-order chi connectivity index (χ1) is 8.86. The van der Waals surface area contributed by atoms with Crippen molar-refractivity contribution in [2.24, 2.45) is 5.73 Å². The molecule has 0 bridgehead atoms. The Labute approximate surface area is 126 Å². The fourth-order valence-corrected chi connectivity index (χ4v) is 4.72. The molecule has 4 nitrogen and oxygen atoms in total. The molecular weight excluding hydrogens is 352 g/mol. The summed E-state index contributed by atoms with van der Waals surface area (Å²) in [6, 6.07) is 5.45. The number of anilines is 1. The van der Waals surface area contributed by atoms with Crippen LogP contribution >= 0.6 is 27.5 Å². The van der Waals surface area contributed by atoms with Gasteiger partial charge in [0.15, 0.2) is 9.84 Å². The summed E-state index contributed by atoms with van der Waals surface area (Å²) in [7, 11) is -3.03. The highest BCUT2D eigenvalue weighted by atomic mass is 79.9. The minimum atomic E-state index is -3.03. The number of benzene rings is 1. The van der Waals surface area contributed by atoms with E-state index in [0.29, 0.717) is 11.4 Å². The predicted octanol–water partition coefficient (Wildman–Crippen LogP) is 2.42. The van der Waals surface area contributed by atoms with Gasteiger partial charge < -0.3 is 11.1 Å². The maximum Gasteiger partial charge on any atom is 0.152 e. The smallest absolute Gasteiger partial charge is 0.152 e. The molecule has 1 unspecified atom stereocenters. The van der Waals surface area contributed by atoms with E-state index in [9.17, 15) is 8.42 Å². The van der Waals surface area contributed by atoms with Crippen LogP contribution in [0.1, 0.15) is 12.8 Å². The molecule has 1 saturated heterocycles. The summed E-state index contributed by atoms with van der Waals surface area (Å²) < 4.78 is 24.4. The third-order valence-corrected chi connectivity index (χ3v) is 6.46. The Morgan fingerprint density at radius 2 is 2.21 bits per heavy atom. The van der Waals surface area contributed by atoms with E-state index in [1.165, 1.54) is 0 Å². The van der Waals surface area contributed by atoms with E-state index in [1.54, 1.807) is 6.07 Å². The van der Waals surface area contributed by atoms with Crippen LogP contribution in [0.3, 0.4) is 0 Å². The maximum absolute atomic E-state index is 11.8. The van der Waals surface area contributed by atoms with Crippen LogP contribution in [0, 0.1) is 0 Å². The fourth-order valence-electron chi connectivity index (χ4n) is 2.39. The van der Waals surface area contributed by atoms with Crippen LogP contribution in [0.5, 0.6) is 0 Å². The molecule has 1 heterocycles. The fraction of sp³-hybridized carbons (Fsp3) is 0.500. The lowest BCUT2D eigenvalue weighted by atomic mass is 9.95. The van der Waals surface area contributed by atoms with Crippen molar-refractivity contribution in [3.63, 3.8) is 0 Å². The summed E-state index contributed by atoms with van der Waals surface area (Å²) in [6.07, 6.45) is 1.38. The zero-order valence-electron chi connectivity index (χ0n) is 10.3. The first-order valence-electron chi connectivity index (χ1n) is 6.00. The van der Waals surface area contributed by atoms with Crippen molar-refractivity contribution in [3.8, 4) is 0 Å². The molecule has 0 aliphatic carbocycles. The van der Waals surface area contributed by atoms with Gasteiger partial charge >= 0.3 is 0 Å².